The van der Waals surface area contributed by atoms with Gasteiger partial charge in [-0.25, -0.2) is 4.79 Å². The van der Waals surface area contributed by atoms with Gasteiger partial charge in [-0.3, -0.25) is 9.78 Å². The fourth-order valence-electron chi connectivity index (χ4n) is 4.34. The summed E-state index contributed by atoms with van der Waals surface area (Å²) in [5, 5.41) is 3.56. The number of ether oxygens (including phenoxy) is 2. The minimum atomic E-state index is -0.495. The Morgan fingerprint density at radius 1 is 1.06 bits per heavy atom. The molecule has 7 nitrogen and oxygen atoms in total. The van der Waals surface area contributed by atoms with Gasteiger partial charge in [-0.2, -0.15) is 0 Å². The Hall–Kier alpha value is -3.45. The van der Waals surface area contributed by atoms with Crippen molar-refractivity contribution in [2.75, 3.05) is 43.1 Å². The fraction of sp³-hybridized carbons (Fsp3) is 0.370. The van der Waals surface area contributed by atoms with E-state index in [1.165, 1.54) is 0 Å². The summed E-state index contributed by atoms with van der Waals surface area (Å²) in [6.07, 6.45) is 2.38. The highest BCUT2D eigenvalue weighted by atomic mass is 16.5. The number of fused-ring (bicyclic) bond motifs is 1. The Morgan fingerprint density at radius 2 is 1.79 bits per heavy atom. The summed E-state index contributed by atoms with van der Waals surface area (Å²) in [7, 11) is 0. The lowest BCUT2D eigenvalue weighted by atomic mass is 9.96. The van der Waals surface area contributed by atoms with Crippen LogP contribution in [0.15, 0.2) is 48.5 Å². The zero-order chi connectivity index (χ0) is 23.9. The van der Waals surface area contributed by atoms with Crippen LogP contribution >= 0.6 is 0 Å². The van der Waals surface area contributed by atoms with Gasteiger partial charge in [-0.1, -0.05) is 38.5 Å². The van der Waals surface area contributed by atoms with Gasteiger partial charge in [0, 0.05) is 35.5 Å². The standard InChI is InChI=1S/C27H31N3O4/c1-3-7-23-21(4-2)26(22-8-5-6-9-24(22)29-23)27(32)34-18-25(31)28-19-10-12-20(13-11-19)30-14-16-33-17-15-30/h5-6,8-13H,3-4,7,14-18H2,1-2H3,(H,28,31). The van der Waals surface area contributed by atoms with E-state index in [0.717, 1.165) is 67.0 Å². The molecule has 2 aromatic carbocycles. The smallest absolute Gasteiger partial charge is 0.339 e. The van der Waals surface area contributed by atoms with Crippen molar-refractivity contribution in [3.05, 3.63) is 65.4 Å². The second-order valence-corrected chi connectivity index (χ2v) is 8.30. The SMILES string of the molecule is CCCc1nc2ccccc2c(C(=O)OCC(=O)Nc2ccc(N3CCOCC3)cc2)c1CC. The Bertz CT molecular complexity index is 1150. The molecule has 1 aliphatic rings. The number of anilines is 2. The summed E-state index contributed by atoms with van der Waals surface area (Å²) in [6, 6.07) is 15.2. The highest BCUT2D eigenvalue weighted by molar-refractivity contribution is 6.06. The van der Waals surface area contributed by atoms with E-state index in [4.69, 9.17) is 14.5 Å². The van der Waals surface area contributed by atoms with Gasteiger partial charge in [0.2, 0.25) is 0 Å². The molecule has 178 valence electrons. The number of amides is 1. The molecule has 1 amide bonds. The number of para-hydroxylation sites is 1. The van der Waals surface area contributed by atoms with E-state index in [-0.39, 0.29) is 12.5 Å². The van der Waals surface area contributed by atoms with Crippen LogP contribution in [0, 0.1) is 0 Å². The number of rotatable bonds is 8. The van der Waals surface area contributed by atoms with Crippen LogP contribution in [0.3, 0.4) is 0 Å². The predicted molar refractivity (Wildman–Crippen MR) is 134 cm³/mol. The van der Waals surface area contributed by atoms with Crippen LogP contribution in [-0.2, 0) is 27.1 Å². The normalized spacial score (nSPS) is 13.6. The van der Waals surface area contributed by atoms with Gasteiger partial charge in [-0.15, -0.1) is 0 Å². The topological polar surface area (TPSA) is 80.8 Å². The number of hydrogen-bond acceptors (Lipinski definition) is 6. The van der Waals surface area contributed by atoms with Crippen LogP contribution in [-0.4, -0.2) is 49.8 Å². The number of nitrogens with one attached hydrogen (secondary N) is 1. The molecule has 4 rings (SSSR count). The monoisotopic (exact) mass is 461 g/mol. The molecular weight excluding hydrogens is 430 g/mol. The van der Waals surface area contributed by atoms with Crippen molar-refractivity contribution >= 4 is 34.2 Å². The van der Waals surface area contributed by atoms with Crippen LogP contribution in [0.2, 0.25) is 0 Å². The molecule has 3 aromatic rings. The summed E-state index contributed by atoms with van der Waals surface area (Å²) in [5.74, 6) is -0.872. The Labute approximate surface area is 200 Å². The maximum atomic E-state index is 13.1. The third-order valence-corrected chi connectivity index (χ3v) is 5.99. The number of aryl methyl sites for hydroxylation is 1. The van der Waals surface area contributed by atoms with Gasteiger partial charge in [-0.05, 0) is 48.7 Å². The van der Waals surface area contributed by atoms with Crippen LogP contribution in [0.4, 0.5) is 11.4 Å². The summed E-state index contributed by atoms with van der Waals surface area (Å²) in [6.45, 7) is 6.89. The molecule has 2 heterocycles. The first-order valence-electron chi connectivity index (χ1n) is 11.9. The van der Waals surface area contributed by atoms with Crippen LogP contribution in [0.25, 0.3) is 10.9 Å². The van der Waals surface area contributed by atoms with Gasteiger partial charge in [0.1, 0.15) is 0 Å². The third-order valence-electron chi connectivity index (χ3n) is 5.99. The maximum absolute atomic E-state index is 13.1. The Morgan fingerprint density at radius 3 is 2.50 bits per heavy atom. The number of pyridine rings is 1. The second kappa shape index (κ2) is 11.1. The predicted octanol–water partition coefficient (Wildman–Crippen LogP) is 4.38. The molecule has 1 fully saturated rings. The van der Waals surface area contributed by atoms with E-state index in [2.05, 4.69) is 17.1 Å². The number of carbonyl (C=O) groups is 2. The second-order valence-electron chi connectivity index (χ2n) is 8.30. The van der Waals surface area contributed by atoms with E-state index >= 15 is 0 Å². The molecule has 0 radical (unpaired) electrons. The molecule has 0 bridgehead atoms. The van der Waals surface area contributed by atoms with E-state index in [1.807, 2.05) is 55.5 Å². The summed E-state index contributed by atoms with van der Waals surface area (Å²) in [4.78, 5) is 32.6. The molecule has 0 saturated carbocycles. The maximum Gasteiger partial charge on any atom is 0.339 e. The van der Waals surface area contributed by atoms with Gasteiger partial charge in [0.15, 0.2) is 6.61 Å². The lowest BCUT2D eigenvalue weighted by Crippen LogP contribution is -2.36. The van der Waals surface area contributed by atoms with Crippen LogP contribution in [0.5, 0.6) is 0 Å². The van der Waals surface area contributed by atoms with Gasteiger partial charge in [0.25, 0.3) is 5.91 Å². The van der Waals surface area contributed by atoms with Crippen molar-refractivity contribution in [3.8, 4) is 0 Å². The molecule has 1 saturated heterocycles. The zero-order valence-electron chi connectivity index (χ0n) is 19.8. The average molecular weight is 462 g/mol. The van der Waals surface area contributed by atoms with Crippen molar-refractivity contribution < 1.29 is 19.1 Å². The van der Waals surface area contributed by atoms with E-state index in [0.29, 0.717) is 17.7 Å². The number of carbonyl (C=O) groups excluding carboxylic acids is 2. The largest absolute Gasteiger partial charge is 0.452 e. The molecule has 0 atom stereocenters. The number of benzene rings is 2. The van der Waals surface area contributed by atoms with Crippen molar-refractivity contribution in [3.63, 3.8) is 0 Å². The summed E-state index contributed by atoms with van der Waals surface area (Å²) < 4.78 is 10.9. The van der Waals surface area contributed by atoms with Gasteiger partial charge >= 0.3 is 5.97 Å². The third kappa shape index (κ3) is 5.37. The summed E-state index contributed by atoms with van der Waals surface area (Å²) >= 11 is 0. The van der Waals surface area contributed by atoms with E-state index in [9.17, 15) is 9.59 Å². The first kappa shape index (κ1) is 23.7. The molecule has 34 heavy (non-hydrogen) atoms. The molecule has 1 N–H and O–H groups in total. The highest BCUT2D eigenvalue weighted by Gasteiger charge is 2.21. The van der Waals surface area contributed by atoms with Crippen molar-refractivity contribution in [2.45, 2.75) is 33.1 Å². The molecule has 1 aliphatic heterocycles. The van der Waals surface area contributed by atoms with Crippen LogP contribution < -0.4 is 10.2 Å². The molecule has 7 heteroatoms. The van der Waals surface area contributed by atoms with Gasteiger partial charge < -0.3 is 19.7 Å². The molecule has 0 aliphatic carbocycles. The fourth-order valence-corrected chi connectivity index (χ4v) is 4.34. The number of esters is 1. The minimum Gasteiger partial charge on any atom is -0.452 e. The molecule has 0 spiro atoms. The lowest BCUT2D eigenvalue weighted by molar-refractivity contribution is -0.119. The van der Waals surface area contributed by atoms with Crippen molar-refractivity contribution in [2.24, 2.45) is 0 Å². The highest BCUT2D eigenvalue weighted by Crippen LogP contribution is 2.26. The van der Waals surface area contributed by atoms with E-state index in [1.54, 1.807) is 0 Å². The Balaban J connectivity index is 1.43. The van der Waals surface area contributed by atoms with Crippen LogP contribution in [0.1, 0.15) is 41.9 Å². The molecular formula is C27H31N3O4. The zero-order valence-corrected chi connectivity index (χ0v) is 19.8. The first-order valence-corrected chi connectivity index (χ1v) is 11.9. The average Bonchev–Trinajstić information content (AvgIpc) is 2.87. The minimum absolute atomic E-state index is 0.354. The number of morpholine rings is 1. The Kier molecular flexibility index (Phi) is 7.75. The quantitative estimate of drug-likeness (QED) is 0.502. The number of nitrogens with zero attached hydrogens (tertiary/aromatic N) is 2. The lowest BCUT2D eigenvalue weighted by Gasteiger charge is -2.28. The van der Waals surface area contributed by atoms with Crippen molar-refractivity contribution in [1.82, 2.24) is 4.98 Å². The molecule has 0 unspecified atom stereocenters. The summed E-state index contributed by atoms with van der Waals surface area (Å²) in [5.41, 5.74) is 4.84. The number of hydrogen-bond donors (Lipinski definition) is 1. The van der Waals surface area contributed by atoms with Crippen molar-refractivity contribution in [1.29, 1.82) is 0 Å². The van der Waals surface area contributed by atoms with E-state index < -0.39 is 5.97 Å². The molecule has 1 aromatic heterocycles. The van der Waals surface area contributed by atoms with Gasteiger partial charge in [0.05, 0.1) is 24.3 Å². The first-order chi connectivity index (χ1) is 16.6. The number of aromatic nitrogens is 1.